The van der Waals surface area contributed by atoms with Crippen molar-refractivity contribution in [3.8, 4) is 0 Å². The zero-order valence-corrected chi connectivity index (χ0v) is 10.7. The van der Waals surface area contributed by atoms with E-state index < -0.39 is 0 Å². The SMILES string of the molecule is CC.CNc1nccn2nc(C(C)C)cc12. The van der Waals surface area contributed by atoms with Crippen molar-refractivity contribution in [3.63, 3.8) is 0 Å². The molecule has 1 N–H and O–H groups in total. The van der Waals surface area contributed by atoms with Crippen LogP contribution in [0, 0.1) is 0 Å². The first kappa shape index (κ1) is 12.5. The monoisotopic (exact) mass is 220 g/mol. The Kier molecular flexibility index (Phi) is 4.28. The number of aromatic nitrogens is 3. The number of nitrogens with zero attached hydrogens (tertiary/aromatic N) is 3. The van der Waals surface area contributed by atoms with Gasteiger partial charge in [0.2, 0.25) is 0 Å². The highest BCUT2D eigenvalue weighted by Gasteiger charge is 2.08. The molecule has 16 heavy (non-hydrogen) atoms. The van der Waals surface area contributed by atoms with Crippen LogP contribution in [0.1, 0.15) is 39.3 Å². The number of hydrogen-bond donors (Lipinski definition) is 1. The minimum absolute atomic E-state index is 0.444. The van der Waals surface area contributed by atoms with Crippen LogP contribution in [0.15, 0.2) is 18.5 Å². The second-order valence-corrected chi connectivity index (χ2v) is 3.58. The first-order chi connectivity index (χ1) is 7.72. The van der Waals surface area contributed by atoms with E-state index >= 15 is 0 Å². The van der Waals surface area contributed by atoms with Gasteiger partial charge in [0.05, 0.1) is 5.69 Å². The standard InChI is InChI=1S/C10H14N4.C2H6/c1-7(2)8-6-9-10(11-3)12-4-5-14(9)13-8;1-2/h4-7H,1-3H3,(H,11,12);1-2H3. The average molecular weight is 220 g/mol. The first-order valence-electron chi connectivity index (χ1n) is 5.74. The van der Waals surface area contributed by atoms with Crippen LogP contribution < -0.4 is 5.32 Å². The van der Waals surface area contributed by atoms with E-state index in [4.69, 9.17) is 0 Å². The van der Waals surface area contributed by atoms with Gasteiger partial charge < -0.3 is 5.32 Å². The van der Waals surface area contributed by atoms with Gasteiger partial charge >= 0.3 is 0 Å². The molecule has 0 radical (unpaired) electrons. The van der Waals surface area contributed by atoms with E-state index in [0.717, 1.165) is 17.0 Å². The molecule has 0 spiro atoms. The molecule has 2 rings (SSSR count). The van der Waals surface area contributed by atoms with Crippen molar-refractivity contribution >= 4 is 11.3 Å². The third-order valence-electron chi connectivity index (χ3n) is 2.24. The van der Waals surface area contributed by atoms with Gasteiger partial charge in [0.25, 0.3) is 0 Å². The highest BCUT2D eigenvalue weighted by Crippen LogP contribution is 2.19. The molecule has 0 aromatic carbocycles. The van der Waals surface area contributed by atoms with Crippen molar-refractivity contribution in [2.75, 3.05) is 12.4 Å². The Balaban J connectivity index is 0.000000606. The maximum atomic E-state index is 4.46. The van der Waals surface area contributed by atoms with E-state index in [1.807, 2.05) is 31.6 Å². The van der Waals surface area contributed by atoms with E-state index in [9.17, 15) is 0 Å². The van der Waals surface area contributed by atoms with Crippen molar-refractivity contribution in [1.29, 1.82) is 0 Å². The van der Waals surface area contributed by atoms with Gasteiger partial charge in [-0.1, -0.05) is 27.7 Å². The van der Waals surface area contributed by atoms with Crippen molar-refractivity contribution in [3.05, 3.63) is 24.2 Å². The topological polar surface area (TPSA) is 42.2 Å². The van der Waals surface area contributed by atoms with E-state index in [0.29, 0.717) is 5.92 Å². The third kappa shape index (κ3) is 2.32. The van der Waals surface area contributed by atoms with Crippen molar-refractivity contribution in [2.24, 2.45) is 0 Å². The summed E-state index contributed by atoms with van der Waals surface area (Å²) in [6.07, 6.45) is 3.61. The zero-order chi connectivity index (χ0) is 12.1. The summed E-state index contributed by atoms with van der Waals surface area (Å²) in [5.74, 6) is 1.31. The van der Waals surface area contributed by atoms with Crippen LogP contribution in [0.4, 0.5) is 5.82 Å². The Bertz CT molecular complexity index is 445. The van der Waals surface area contributed by atoms with Crippen molar-refractivity contribution < 1.29 is 0 Å². The fourth-order valence-electron chi connectivity index (χ4n) is 1.42. The summed E-state index contributed by atoms with van der Waals surface area (Å²) in [6.45, 7) is 8.27. The van der Waals surface area contributed by atoms with Crippen molar-refractivity contribution in [1.82, 2.24) is 14.6 Å². The number of nitrogens with one attached hydrogen (secondary N) is 1. The Hall–Kier alpha value is -1.58. The van der Waals surface area contributed by atoms with E-state index in [1.165, 1.54) is 0 Å². The fourth-order valence-corrected chi connectivity index (χ4v) is 1.42. The summed E-state index contributed by atoms with van der Waals surface area (Å²) in [4.78, 5) is 4.23. The van der Waals surface area contributed by atoms with Crippen LogP contribution in [0.2, 0.25) is 0 Å². The van der Waals surface area contributed by atoms with Gasteiger partial charge in [-0.2, -0.15) is 5.10 Å². The highest BCUT2D eigenvalue weighted by molar-refractivity contribution is 5.67. The molecule has 0 saturated carbocycles. The molecule has 4 heteroatoms. The predicted molar refractivity (Wildman–Crippen MR) is 68.0 cm³/mol. The molecule has 0 atom stereocenters. The van der Waals surface area contributed by atoms with E-state index in [2.05, 4.69) is 35.3 Å². The molecule has 4 nitrogen and oxygen atoms in total. The van der Waals surface area contributed by atoms with Crippen LogP contribution in [0.3, 0.4) is 0 Å². The average Bonchev–Trinajstić information content (AvgIpc) is 2.75. The molecule has 2 aromatic heterocycles. The minimum Gasteiger partial charge on any atom is -0.371 e. The predicted octanol–water partition coefficient (Wildman–Crippen LogP) is 2.92. The lowest BCUT2D eigenvalue weighted by atomic mass is 10.1. The van der Waals surface area contributed by atoms with Gasteiger partial charge in [0, 0.05) is 19.4 Å². The van der Waals surface area contributed by atoms with Crippen molar-refractivity contribution in [2.45, 2.75) is 33.6 Å². The number of hydrogen-bond acceptors (Lipinski definition) is 3. The second kappa shape index (κ2) is 5.49. The van der Waals surface area contributed by atoms with Gasteiger partial charge in [0.1, 0.15) is 5.52 Å². The summed E-state index contributed by atoms with van der Waals surface area (Å²) < 4.78 is 1.86. The van der Waals surface area contributed by atoms with Gasteiger partial charge in [-0.3, -0.25) is 0 Å². The minimum atomic E-state index is 0.444. The normalized spacial score (nSPS) is 10.1. The summed E-state index contributed by atoms with van der Waals surface area (Å²) in [7, 11) is 1.87. The van der Waals surface area contributed by atoms with Crippen LogP contribution in [0.5, 0.6) is 0 Å². The highest BCUT2D eigenvalue weighted by atomic mass is 15.2. The van der Waals surface area contributed by atoms with Crippen LogP contribution in [0.25, 0.3) is 5.52 Å². The van der Waals surface area contributed by atoms with E-state index in [1.54, 1.807) is 6.20 Å². The third-order valence-corrected chi connectivity index (χ3v) is 2.24. The lowest BCUT2D eigenvalue weighted by Gasteiger charge is -1.99. The number of anilines is 1. The zero-order valence-electron chi connectivity index (χ0n) is 10.7. The van der Waals surface area contributed by atoms with Gasteiger partial charge in [-0.15, -0.1) is 0 Å². The molecule has 0 amide bonds. The Morgan fingerprint density at radius 2 is 2.00 bits per heavy atom. The Labute approximate surface area is 96.7 Å². The molecule has 0 aliphatic heterocycles. The largest absolute Gasteiger partial charge is 0.371 e. The van der Waals surface area contributed by atoms with Gasteiger partial charge in [-0.25, -0.2) is 9.50 Å². The molecule has 0 fully saturated rings. The lowest BCUT2D eigenvalue weighted by Crippen LogP contribution is -1.96. The quantitative estimate of drug-likeness (QED) is 0.846. The van der Waals surface area contributed by atoms with Gasteiger partial charge in [0.15, 0.2) is 5.82 Å². The lowest BCUT2D eigenvalue weighted by molar-refractivity contribution is 0.787. The molecule has 2 heterocycles. The van der Waals surface area contributed by atoms with Gasteiger partial charge in [-0.05, 0) is 12.0 Å². The molecule has 0 saturated heterocycles. The first-order valence-corrected chi connectivity index (χ1v) is 5.74. The molecule has 2 aromatic rings. The summed E-state index contributed by atoms with van der Waals surface area (Å²) in [5, 5.41) is 7.51. The summed E-state index contributed by atoms with van der Waals surface area (Å²) in [5.41, 5.74) is 2.12. The Morgan fingerprint density at radius 3 is 2.56 bits per heavy atom. The molecule has 0 bridgehead atoms. The van der Waals surface area contributed by atoms with E-state index in [-0.39, 0.29) is 0 Å². The number of fused-ring (bicyclic) bond motifs is 1. The molecule has 0 unspecified atom stereocenters. The Morgan fingerprint density at radius 1 is 1.31 bits per heavy atom. The number of rotatable bonds is 2. The second-order valence-electron chi connectivity index (χ2n) is 3.58. The fraction of sp³-hybridized carbons (Fsp3) is 0.500. The maximum absolute atomic E-state index is 4.46. The summed E-state index contributed by atoms with van der Waals surface area (Å²) in [6, 6.07) is 2.07. The smallest absolute Gasteiger partial charge is 0.151 e. The maximum Gasteiger partial charge on any atom is 0.151 e. The summed E-state index contributed by atoms with van der Waals surface area (Å²) >= 11 is 0. The molecular formula is C12H20N4. The van der Waals surface area contributed by atoms with Crippen LogP contribution >= 0.6 is 0 Å². The molecule has 0 aliphatic carbocycles. The molecule has 0 aliphatic rings. The molecular weight excluding hydrogens is 200 g/mol. The van der Waals surface area contributed by atoms with Crippen LogP contribution in [-0.4, -0.2) is 21.6 Å². The molecule has 88 valence electrons. The van der Waals surface area contributed by atoms with Crippen LogP contribution in [-0.2, 0) is 0 Å².